The largest absolute Gasteiger partial charge is 0.497 e. The van der Waals surface area contributed by atoms with Crippen LogP contribution < -0.4 is 4.74 Å². The number of ether oxygens (including phenoxy) is 1. The van der Waals surface area contributed by atoms with Gasteiger partial charge in [0.2, 0.25) is 5.13 Å². The van der Waals surface area contributed by atoms with Crippen LogP contribution in [-0.2, 0) is 4.79 Å². The monoisotopic (exact) mass is 541 g/mol. The molecule has 192 valence electrons. The van der Waals surface area contributed by atoms with Gasteiger partial charge in [0.05, 0.1) is 23.4 Å². The Labute approximate surface area is 229 Å². The minimum atomic E-state index is 0.00495. The van der Waals surface area contributed by atoms with Gasteiger partial charge in [0.25, 0.3) is 5.91 Å². The lowest BCUT2D eigenvalue weighted by Gasteiger charge is -2.30. The van der Waals surface area contributed by atoms with Gasteiger partial charge < -0.3 is 4.74 Å². The van der Waals surface area contributed by atoms with Crippen LogP contribution in [0.5, 0.6) is 5.75 Å². The van der Waals surface area contributed by atoms with Crippen molar-refractivity contribution in [3.05, 3.63) is 82.8 Å². The Bertz CT molecular complexity index is 1470. The molecule has 0 atom stereocenters. The quantitative estimate of drug-likeness (QED) is 0.247. The fourth-order valence-electron chi connectivity index (χ4n) is 4.90. The van der Waals surface area contributed by atoms with E-state index in [-0.39, 0.29) is 11.9 Å². The number of hydrogen-bond acceptors (Lipinski definition) is 7. The Balaban J connectivity index is 1.42. The molecule has 0 bridgehead atoms. The molecule has 0 unspecified atom stereocenters. The number of carbonyl (C=O) groups is 1. The number of thiazole rings is 1. The molecule has 6 rings (SSSR count). The van der Waals surface area contributed by atoms with Crippen LogP contribution in [0.2, 0.25) is 0 Å². The average molecular weight is 542 g/mol. The average Bonchev–Trinajstić information content (AvgIpc) is 3.70. The van der Waals surface area contributed by atoms with Crippen molar-refractivity contribution < 1.29 is 9.53 Å². The minimum Gasteiger partial charge on any atom is -0.497 e. The Morgan fingerprint density at radius 2 is 1.84 bits per heavy atom. The summed E-state index contributed by atoms with van der Waals surface area (Å²) in [6.07, 6.45) is 11.2. The first-order valence-electron chi connectivity index (χ1n) is 12.7. The lowest BCUT2D eigenvalue weighted by Crippen LogP contribution is -2.40. The number of para-hydroxylation sites is 1. The number of rotatable bonds is 6. The van der Waals surface area contributed by atoms with E-state index in [1.54, 1.807) is 13.3 Å². The van der Waals surface area contributed by atoms with E-state index in [1.165, 1.54) is 29.5 Å². The van der Waals surface area contributed by atoms with E-state index in [0.29, 0.717) is 15.2 Å². The molecule has 9 heteroatoms. The van der Waals surface area contributed by atoms with Crippen LogP contribution in [-0.4, -0.2) is 43.9 Å². The van der Waals surface area contributed by atoms with Gasteiger partial charge in [-0.15, -0.1) is 11.3 Å². The van der Waals surface area contributed by atoms with Gasteiger partial charge in [0, 0.05) is 34.9 Å². The summed E-state index contributed by atoms with van der Waals surface area (Å²) < 4.78 is 7.21. The first-order chi connectivity index (χ1) is 18.7. The molecular formula is C29H27N5O2S2. The number of amides is 1. The van der Waals surface area contributed by atoms with Gasteiger partial charge in [-0.2, -0.15) is 10.1 Å². The second-order valence-corrected chi connectivity index (χ2v) is 11.1. The van der Waals surface area contributed by atoms with Crippen LogP contribution in [0, 0.1) is 0 Å². The van der Waals surface area contributed by atoms with E-state index < -0.39 is 0 Å². The molecule has 0 spiro atoms. The molecule has 2 aromatic carbocycles. The van der Waals surface area contributed by atoms with Crippen molar-refractivity contribution >= 4 is 45.4 Å². The number of amidine groups is 1. The molecule has 1 amide bonds. The lowest BCUT2D eigenvalue weighted by molar-refractivity contribution is -0.124. The molecule has 7 nitrogen and oxygen atoms in total. The Morgan fingerprint density at radius 3 is 2.55 bits per heavy atom. The van der Waals surface area contributed by atoms with Crippen molar-refractivity contribution in [1.82, 2.24) is 19.7 Å². The molecule has 2 aliphatic rings. The Kier molecular flexibility index (Phi) is 7.11. The number of carbonyl (C=O) groups excluding carboxylic acids is 1. The molecular weight excluding hydrogens is 514 g/mol. The maximum atomic E-state index is 13.9. The highest BCUT2D eigenvalue weighted by Gasteiger charge is 2.39. The zero-order valence-electron chi connectivity index (χ0n) is 21.0. The van der Waals surface area contributed by atoms with E-state index in [2.05, 4.69) is 4.98 Å². The van der Waals surface area contributed by atoms with Crippen molar-refractivity contribution in [2.24, 2.45) is 4.99 Å². The summed E-state index contributed by atoms with van der Waals surface area (Å²) >= 11 is 2.90. The molecule has 0 N–H and O–H groups in total. The third-order valence-electron chi connectivity index (χ3n) is 6.80. The lowest BCUT2D eigenvalue weighted by atomic mass is 9.94. The van der Waals surface area contributed by atoms with E-state index in [1.807, 2.05) is 81.8 Å². The number of benzene rings is 2. The molecule has 1 aliphatic heterocycles. The molecule has 1 aliphatic carbocycles. The van der Waals surface area contributed by atoms with Crippen LogP contribution >= 0.6 is 23.1 Å². The maximum absolute atomic E-state index is 13.9. The third-order valence-corrected chi connectivity index (χ3v) is 8.45. The van der Waals surface area contributed by atoms with Crippen molar-refractivity contribution in [3.63, 3.8) is 0 Å². The van der Waals surface area contributed by atoms with Crippen LogP contribution in [0.15, 0.2) is 82.3 Å². The van der Waals surface area contributed by atoms with Crippen molar-refractivity contribution in [3.8, 4) is 22.7 Å². The normalized spacial score (nSPS) is 18.6. The Morgan fingerprint density at radius 1 is 1.05 bits per heavy atom. The topological polar surface area (TPSA) is 72.6 Å². The summed E-state index contributed by atoms with van der Waals surface area (Å²) in [6, 6.07) is 18.0. The second kappa shape index (κ2) is 11.0. The fraction of sp³-hybridized carbons (Fsp3) is 0.241. The first kappa shape index (κ1) is 24.6. The van der Waals surface area contributed by atoms with E-state index in [9.17, 15) is 4.79 Å². The summed E-state index contributed by atoms with van der Waals surface area (Å²) in [5, 5.41) is 8.20. The molecule has 2 aromatic heterocycles. The zero-order chi connectivity index (χ0) is 25.9. The van der Waals surface area contributed by atoms with Gasteiger partial charge in [-0.25, -0.2) is 9.67 Å². The van der Waals surface area contributed by atoms with Gasteiger partial charge in [-0.3, -0.25) is 9.69 Å². The molecule has 4 aromatic rings. The zero-order valence-corrected chi connectivity index (χ0v) is 22.6. The highest BCUT2D eigenvalue weighted by atomic mass is 32.2. The number of nitrogens with zero attached hydrogens (tertiary/aromatic N) is 5. The smallest absolute Gasteiger partial charge is 0.267 e. The van der Waals surface area contributed by atoms with Crippen LogP contribution in [0.4, 0.5) is 5.13 Å². The Hall–Kier alpha value is -3.69. The van der Waals surface area contributed by atoms with Crippen LogP contribution in [0.3, 0.4) is 0 Å². The van der Waals surface area contributed by atoms with Crippen molar-refractivity contribution in [2.75, 3.05) is 7.11 Å². The molecule has 1 saturated carbocycles. The number of aliphatic imine (C=N–C) groups is 1. The molecule has 3 heterocycles. The molecule has 2 fully saturated rings. The van der Waals surface area contributed by atoms with Crippen LogP contribution in [0.1, 0.15) is 37.7 Å². The number of methoxy groups -OCH3 is 1. The van der Waals surface area contributed by atoms with E-state index >= 15 is 0 Å². The standard InChI is InChI=1S/C29H27N5O2S2/c1-36-24-14-12-20(13-15-24)26-21(19-33(32-26)22-8-4-2-5-9-22)18-25-27(35)34(23-10-6-3-7-11-23)29(38-25)31-28-30-16-17-37-28/h2,4-5,8-9,12-19,23H,3,6-7,10-11H2,1H3/b25-18-,31-29+. The summed E-state index contributed by atoms with van der Waals surface area (Å²) in [5.41, 5.74) is 3.57. The van der Waals surface area contributed by atoms with E-state index in [4.69, 9.17) is 14.8 Å². The SMILES string of the molecule is COc1ccc(-c2nn(-c3ccccc3)cc2/C=C2\S/C(=N/c3nccs3)N(C3CCCCC3)C2=O)cc1. The van der Waals surface area contributed by atoms with Crippen molar-refractivity contribution in [1.29, 1.82) is 0 Å². The third kappa shape index (κ3) is 5.04. The number of thioether (sulfide) groups is 1. The summed E-state index contributed by atoms with van der Waals surface area (Å²) in [7, 11) is 1.65. The van der Waals surface area contributed by atoms with Gasteiger partial charge in [-0.1, -0.05) is 37.5 Å². The predicted molar refractivity (Wildman–Crippen MR) is 154 cm³/mol. The molecule has 0 radical (unpaired) electrons. The summed E-state index contributed by atoms with van der Waals surface area (Å²) in [5.74, 6) is 0.786. The minimum absolute atomic E-state index is 0.00495. The maximum Gasteiger partial charge on any atom is 0.267 e. The highest BCUT2D eigenvalue weighted by Crippen LogP contribution is 2.40. The second-order valence-electron chi connectivity index (χ2n) is 9.23. The fourth-order valence-corrected chi connectivity index (χ4v) is 6.49. The predicted octanol–water partition coefficient (Wildman–Crippen LogP) is 6.94. The van der Waals surface area contributed by atoms with Gasteiger partial charge in [0.1, 0.15) is 5.75 Å². The van der Waals surface area contributed by atoms with Gasteiger partial charge >= 0.3 is 0 Å². The molecule has 38 heavy (non-hydrogen) atoms. The van der Waals surface area contributed by atoms with Crippen molar-refractivity contribution in [2.45, 2.75) is 38.1 Å². The molecule has 1 saturated heterocycles. The number of hydrogen-bond donors (Lipinski definition) is 0. The first-order valence-corrected chi connectivity index (χ1v) is 14.4. The van der Waals surface area contributed by atoms with Gasteiger partial charge in [0.15, 0.2) is 5.17 Å². The number of aromatic nitrogens is 3. The summed E-state index contributed by atoms with van der Waals surface area (Å²) in [6.45, 7) is 0. The highest BCUT2D eigenvalue weighted by molar-refractivity contribution is 8.18. The summed E-state index contributed by atoms with van der Waals surface area (Å²) in [4.78, 5) is 25.5. The van der Waals surface area contributed by atoms with Gasteiger partial charge in [-0.05, 0) is 67.1 Å². The van der Waals surface area contributed by atoms with Crippen LogP contribution in [0.25, 0.3) is 23.0 Å². The van der Waals surface area contributed by atoms with E-state index in [0.717, 1.165) is 53.9 Å².